The fourth-order valence-corrected chi connectivity index (χ4v) is 2.21. The second kappa shape index (κ2) is 4.26. The zero-order valence-corrected chi connectivity index (χ0v) is 10.2. The summed E-state index contributed by atoms with van der Waals surface area (Å²) >= 11 is 0. The minimum atomic E-state index is -0.407. The van der Waals surface area contributed by atoms with Gasteiger partial charge in [-0.3, -0.25) is 4.98 Å². The zero-order chi connectivity index (χ0) is 12.6. The Balaban J connectivity index is 1.65. The minimum absolute atomic E-state index is 0.341. The molecule has 0 saturated heterocycles. The van der Waals surface area contributed by atoms with E-state index in [2.05, 4.69) is 10.3 Å². The summed E-state index contributed by atoms with van der Waals surface area (Å²) in [6, 6.07) is 5.73. The number of nitrogens with one attached hydrogen (secondary N) is 2. The SMILES string of the molecule is NCC1(CNCc2ccc3oc(=O)[nH]c3c2)CC1. The number of nitrogens with two attached hydrogens (primary N) is 1. The van der Waals surface area contributed by atoms with E-state index in [1.165, 1.54) is 12.8 Å². The normalized spacial score (nSPS) is 17.2. The molecule has 0 radical (unpaired) electrons. The Kier molecular flexibility index (Phi) is 2.72. The van der Waals surface area contributed by atoms with E-state index in [0.717, 1.165) is 30.7 Å². The Morgan fingerprint density at radius 3 is 3.00 bits per heavy atom. The Morgan fingerprint density at radius 1 is 1.44 bits per heavy atom. The van der Waals surface area contributed by atoms with Crippen LogP contribution < -0.4 is 16.8 Å². The van der Waals surface area contributed by atoms with E-state index in [4.69, 9.17) is 10.2 Å². The number of benzene rings is 1. The minimum Gasteiger partial charge on any atom is -0.408 e. The van der Waals surface area contributed by atoms with Crippen LogP contribution in [0, 0.1) is 5.41 Å². The van der Waals surface area contributed by atoms with Gasteiger partial charge in [0.05, 0.1) is 5.52 Å². The molecule has 3 rings (SSSR count). The molecule has 0 bridgehead atoms. The summed E-state index contributed by atoms with van der Waals surface area (Å²) in [6.07, 6.45) is 2.45. The molecule has 4 N–H and O–H groups in total. The highest BCUT2D eigenvalue weighted by atomic mass is 16.4. The zero-order valence-electron chi connectivity index (χ0n) is 10.2. The molecule has 0 aliphatic heterocycles. The van der Waals surface area contributed by atoms with Crippen molar-refractivity contribution in [3.8, 4) is 0 Å². The second-order valence-electron chi connectivity index (χ2n) is 5.15. The van der Waals surface area contributed by atoms with Crippen LogP contribution in [-0.2, 0) is 6.54 Å². The molecule has 1 fully saturated rings. The predicted molar refractivity (Wildman–Crippen MR) is 69.3 cm³/mol. The van der Waals surface area contributed by atoms with Gasteiger partial charge in [-0.2, -0.15) is 0 Å². The summed E-state index contributed by atoms with van der Waals surface area (Å²) in [4.78, 5) is 13.7. The third-order valence-electron chi connectivity index (χ3n) is 3.70. The van der Waals surface area contributed by atoms with Crippen molar-refractivity contribution in [1.29, 1.82) is 0 Å². The summed E-state index contributed by atoms with van der Waals surface area (Å²) < 4.78 is 4.96. The van der Waals surface area contributed by atoms with Crippen LogP contribution in [0.15, 0.2) is 27.4 Å². The van der Waals surface area contributed by atoms with Gasteiger partial charge in [0.15, 0.2) is 5.58 Å². The van der Waals surface area contributed by atoms with E-state index in [-0.39, 0.29) is 0 Å². The molecule has 1 aromatic heterocycles. The van der Waals surface area contributed by atoms with Crippen LogP contribution in [0.4, 0.5) is 0 Å². The van der Waals surface area contributed by atoms with Gasteiger partial charge in [-0.05, 0) is 42.5 Å². The van der Waals surface area contributed by atoms with Crippen molar-refractivity contribution in [1.82, 2.24) is 10.3 Å². The average molecular weight is 247 g/mol. The van der Waals surface area contributed by atoms with Gasteiger partial charge >= 0.3 is 5.76 Å². The first-order valence-corrected chi connectivity index (χ1v) is 6.23. The molecule has 96 valence electrons. The molecule has 2 aromatic rings. The molecule has 1 aliphatic rings. The van der Waals surface area contributed by atoms with E-state index in [9.17, 15) is 4.79 Å². The monoisotopic (exact) mass is 247 g/mol. The molecule has 5 nitrogen and oxygen atoms in total. The van der Waals surface area contributed by atoms with Gasteiger partial charge in [0.25, 0.3) is 0 Å². The molecule has 1 saturated carbocycles. The van der Waals surface area contributed by atoms with Crippen LogP contribution in [0.1, 0.15) is 18.4 Å². The van der Waals surface area contributed by atoms with Gasteiger partial charge in [-0.25, -0.2) is 4.79 Å². The topological polar surface area (TPSA) is 84.0 Å². The summed E-state index contributed by atoms with van der Waals surface area (Å²) in [5.41, 5.74) is 8.56. The lowest BCUT2D eigenvalue weighted by atomic mass is 10.1. The number of oxazole rings is 1. The van der Waals surface area contributed by atoms with Crippen molar-refractivity contribution in [2.75, 3.05) is 13.1 Å². The molecular formula is C13H17N3O2. The molecule has 0 unspecified atom stereocenters. The first-order chi connectivity index (χ1) is 8.71. The van der Waals surface area contributed by atoms with E-state index < -0.39 is 5.76 Å². The largest absolute Gasteiger partial charge is 0.417 e. The highest BCUT2D eigenvalue weighted by Gasteiger charge is 2.40. The average Bonchev–Trinajstić information content (AvgIpc) is 3.04. The number of H-pyrrole nitrogens is 1. The van der Waals surface area contributed by atoms with Gasteiger partial charge in [-0.1, -0.05) is 6.07 Å². The lowest BCUT2D eigenvalue weighted by Crippen LogP contribution is -2.29. The van der Waals surface area contributed by atoms with E-state index in [1.54, 1.807) is 0 Å². The van der Waals surface area contributed by atoms with Gasteiger partial charge in [0, 0.05) is 13.1 Å². The Morgan fingerprint density at radius 2 is 2.28 bits per heavy atom. The number of hydrogen-bond donors (Lipinski definition) is 3. The van der Waals surface area contributed by atoms with Crippen LogP contribution in [0.3, 0.4) is 0 Å². The van der Waals surface area contributed by atoms with E-state index >= 15 is 0 Å². The van der Waals surface area contributed by atoms with Gasteiger partial charge < -0.3 is 15.5 Å². The first kappa shape index (κ1) is 11.5. The molecule has 0 spiro atoms. The lowest BCUT2D eigenvalue weighted by molar-refractivity contribution is 0.468. The van der Waals surface area contributed by atoms with Crippen molar-refractivity contribution in [3.63, 3.8) is 0 Å². The number of fused-ring (bicyclic) bond motifs is 1. The molecule has 1 heterocycles. The van der Waals surface area contributed by atoms with Crippen LogP contribution in [0.25, 0.3) is 11.1 Å². The number of aromatic nitrogens is 1. The number of hydrogen-bond acceptors (Lipinski definition) is 4. The van der Waals surface area contributed by atoms with Gasteiger partial charge in [-0.15, -0.1) is 0 Å². The third-order valence-corrected chi connectivity index (χ3v) is 3.70. The summed E-state index contributed by atoms with van der Waals surface area (Å²) in [6.45, 7) is 2.50. The van der Waals surface area contributed by atoms with E-state index in [1.807, 2.05) is 18.2 Å². The maximum absolute atomic E-state index is 11.0. The molecule has 5 heteroatoms. The smallest absolute Gasteiger partial charge is 0.408 e. The van der Waals surface area contributed by atoms with Crippen LogP contribution in [0.5, 0.6) is 0 Å². The highest BCUT2D eigenvalue weighted by molar-refractivity contribution is 5.72. The maximum atomic E-state index is 11.0. The third kappa shape index (κ3) is 2.19. The molecule has 1 aromatic carbocycles. The lowest BCUT2D eigenvalue weighted by Gasteiger charge is -2.13. The van der Waals surface area contributed by atoms with Crippen molar-refractivity contribution in [2.24, 2.45) is 11.1 Å². The molecule has 1 aliphatic carbocycles. The molecular weight excluding hydrogens is 230 g/mol. The van der Waals surface area contributed by atoms with Crippen molar-refractivity contribution in [3.05, 3.63) is 34.3 Å². The van der Waals surface area contributed by atoms with Crippen LogP contribution in [-0.4, -0.2) is 18.1 Å². The molecule has 0 amide bonds. The fourth-order valence-electron chi connectivity index (χ4n) is 2.21. The van der Waals surface area contributed by atoms with Crippen molar-refractivity contribution in [2.45, 2.75) is 19.4 Å². The van der Waals surface area contributed by atoms with E-state index in [0.29, 0.717) is 11.0 Å². The standard InChI is InChI=1S/C13H17N3O2/c14-7-13(3-4-13)8-15-6-9-1-2-11-10(5-9)16-12(17)18-11/h1-2,5,15H,3-4,6-8,14H2,(H,16,17). The summed E-state index contributed by atoms with van der Waals surface area (Å²) in [5, 5.41) is 3.42. The number of aromatic amines is 1. The Hall–Kier alpha value is -1.59. The quantitative estimate of drug-likeness (QED) is 0.734. The van der Waals surface area contributed by atoms with Crippen molar-refractivity contribution < 1.29 is 4.42 Å². The van der Waals surface area contributed by atoms with Crippen LogP contribution >= 0.6 is 0 Å². The highest BCUT2D eigenvalue weighted by Crippen LogP contribution is 2.43. The Labute approximate surface area is 104 Å². The predicted octanol–water partition coefficient (Wildman–Crippen LogP) is 0.950. The summed E-state index contributed by atoms with van der Waals surface area (Å²) in [5.74, 6) is -0.407. The number of rotatable bonds is 5. The van der Waals surface area contributed by atoms with Crippen molar-refractivity contribution >= 4 is 11.1 Å². The molecule has 18 heavy (non-hydrogen) atoms. The van der Waals surface area contributed by atoms with Gasteiger partial charge in [0.1, 0.15) is 0 Å². The Bertz CT molecular complexity index is 610. The molecule has 0 atom stereocenters. The first-order valence-electron chi connectivity index (χ1n) is 6.23. The summed E-state index contributed by atoms with van der Waals surface area (Å²) in [7, 11) is 0. The maximum Gasteiger partial charge on any atom is 0.417 e. The fraction of sp³-hybridized carbons (Fsp3) is 0.462. The second-order valence-corrected chi connectivity index (χ2v) is 5.15. The van der Waals surface area contributed by atoms with Crippen LogP contribution in [0.2, 0.25) is 0 Å². The van der Waals surface area contributed by atoms with Gasteiger partial charge in [0.2, 0.25) is 0 Å².